The molecule has 1 aromatic heterocycles. The summed E-state index contributed by atoms with van der Waals surface area (Å²) in [5, 5.41) is 14.5. The number of fused-ring (bicyclic) bond motifs is 1. The molecule has 2 atom stereocenters. The molecule has 3 rings (SSSR count). The third-order valence-electron chi connectivity index (χ3n) is 6.37. The monoisotopic (exact) mass is 564 g/mol. The molecule has 1 amide bonds. The number of hydrogen-bond acceptors (Lipinski definition) is 7. The first-order chi connectivity index (χ1) is 17.8. The van der Waals surface area contributed by atoms with Crippen molar-refractivity contribution in [3.8, 4) is 5.75 Å². The number of carbonyl (C=O) groups is 1. The maximum absolute atomic E-state index is 13.2. The summed E-state index contributed by atoms with van der Waals surface area (Å²) in [5.41, 5.74) is 1.49. The first-order valence-electron chi connectivity index (χ1n) is 12.2. The summed E-state index contributed by atoms with van der Waals surface area (Å²) in [6.07, 6.45) is 3.37. The normalized spacial score (nSPS) is 17.4. The lowest BCUT2D eigenvalue weighted by molar-refractivity contribution is 0.102. The summed E-state index contributed by atoms with van der Waals surface area (Å²) >= 11 is -1.44. The molecule has 1 aliphatic carbocycles. The van der Waals surface area contributed by atoms with E-state index < -0.39 is 32.8 Å². The van der Waals surface area contributed by atoms with Crippen LogP contribution in [0.2, 0.25) is 0 Å². The van der Waals surface area contributed by atoms with Crippen LogP contribution >= 0.6 is 0 Å². The van der Waals surface area contributed by atoms with E-state index in [0.29, 0.717) is 17.9 Å². The van der Waals surface area contributed by atoms with Crippen LogP contribution in [-0.4, -0.2) is 77.7 Å². The van der Waals surface area contributed by atoms with Crippen LogP contribution in [0, 0.1) is 11.3 Å². The molecule has 13 heteroatoms. The SMILES string of the molecule is CCN(C[C@@]1(NC(=N)N(C)[S+](C)[O-])Cc2ccc(NC(=O)c3ccc(OC)cn3)cc21)S(=O)(=O)CC(C)C. The van der Waals surface area contributed by atoms with Crippen molar-refractivity contribution in [1.82, 2.24) is 18.9 Å². The summed E-state index contributed by atoms with van der Waals surface area (Å²) in [6, 6.07) is 8.63. The van der Waals surface area contributed by atoms with E-state index in [1.807, 2.05) is 19.9 Å². The van der Waals surface area contributed by atoms with E-state index in [9.17, 15) is 17.8 Å². The summed E-state index contributed by atoms with van der Waals surface area (Å²) in [5.74, 6) is -0.0103. The second-order valence-corrected chi connectivity index (χ2v) is 13.1. The standard InChI is InChI=1S/C25H36N6O5S2/c1-7-31(38(34,35)15-17(2)3)16-25(29-24(26)30(4)37(6)33)13-18-8-9-19(12-21(18)25)28-23(32)22-11-10-20(36-5)14-27-22/h8-12,14,17H,7,13,15-16H2,1-6H3,(H2,26,29)(H,28,32)/t25-,37?/m0/s1. The van der Waals surface area contributed by atoms with E-state index in [-0.39, 0.29) is 36.4 Å². The first-order valence-corrected chi connectivity index (χ1v) is 15.3. The van der Waals surface area contributed by atoms with Crippen molar-refractivity contribution in [1.29, 1.82) is 5.41 Å². The molecule has 1 heterocycles. The Bertz CT molecular complexity index is 1270. The van der Waals surface area contributed by atoms with Crippen molar-refractivity contribution in [2.45, 2.75) is 32.7 Å². The Morgan fingerprint density at radius 1 is 1.32 bits per heavy atom. The molecule has 0 aliphatic heterocycles. The number of ether oxygens (including phenoxy) is 1. The fraction of sp³-hybridized carbons (Fsp3) is 0.480. The number of rotatable bonds is 11. The van der Waals surface area contributed by atoms with Crippen molar-refractivity contribution in [2.75, 3.05) is 44.6 Å². The van der Waals surface area contributed by atoms with Crippen LogP contribution in [0.15, 0.2) is 36.5 Å². The lowest BCUT2D eigenvalue weighted by Gasteiger charge is -2.48. The van der Waals surface area contributed by atoms with Gasteiger partial charge in [-0.15, -0.1) is 0 Å². The highest BCUT2D eigenvalue weighted by molar-refractivity contribution is 7.89. The summed E-state index contributed by atoms with van der Waals surface area (Å²) < 4.78 is 46.1. The molecular formula is C25H36N6O5S2. The molecule has 0 spiro atoms. The van der Waals surface area contributed by atoms with Crippen LogP contribution < -0.4 is 15.4 Å². The van der Waals surface area contributed by atoms with E-state index in [0.717, 1.165) is 11.1 Å². The Morgan fingerprint density at radius 3 is 2.58 bits per heavy atom. The number of carbonyl (C=O) groups excluding carboxylic acids is 1. The number of pyridine rings is 1. The number of methoxy groups -OCH3 is 1. The van der Waals surface area contributed by atoms with E-state index in [1.165, 1.54) is 35.2 Å². The smallest absolute Gasteiger partial charge is 0.274 e. The number of likely N-dealkylation sites (N-methyl/N-ethyl adjacent to an activating group) is 1. The van der Waals surface area contributed by atoms with Gasteiger partial charge in [0.05, 0.1) is 43.0 Å². The number of aromatic nitrogens is 1. The van der Waals surface area contributed by atoms with Crippen LogP contribution in [0.5, 0.6) is 5.75 Å². The first kappa shape index (κ1) is 29.7. The molecule has 0 saturated carbocycles. The molecule has 208 valence electrons. The Kier molecular flexibility index (Phi) is 9.29. The maximum atomic E-state index is 13.2. The van der Waals surface area contributed by atoms with Gasteiger partial charge in [0.1, 0.15) is 17.7 Å². The number of amides is 1. The van der Waals surface area contributed by atoms with Gasteiger partial charge < -0.3 is 19.9 Å². The molecule has 0 bridgehead atoms. The molecule has 0 saturated heterocycles. The number of sulfonamides is 1. The van der Waals surface area contributed by atoms with Crippen molar-refractivity contribution in [3.63, 3.8) is 0 Å². The second-order valence-electron chi connectivity index (χ2n) is 9.66. The van der Waals surface area contributed by atoms with Crippen molar-refractivity contribution in [2.24, 2.45) is 5.92 Å². The zero-order valence-electron chi connectivity index (χ0n) is 22.6. The lowest BCUT2D eigenvalue weighted by Crippen LogP contribution is -2.62. The fourth-order valence-corrected chi connectivity index (χ4v) is 6.53. The number of benzene rings is 1. The van der Waals surface area contributed by atoms with Gasteiger partial charge in [0.25, 0.3) is 5.91 Å². The van der Waals surface area contributed by atoms with E-state index in [1.54, 1.807) is 31.2 Å². The Hall–Kier alpha value is -2.87. The van der Waals surface area contributed by atoms with E-state index in [2.05, 4.69) is 15.6 Å². The van der Waals surface area contributed by atoms with Gasteiger partial charge in [0, 0.05) is 25.2 Å². The minimum Gasteiger partial charge on any atom is -0.593 e. The molecule has 0 fully saturated rings. The van der Waals surface area contributed by atoms with Gasteiger partial charge in [0.15, 0.2) is 0 Å². The molecule has 38 heavy (non-hydrogen) atoms. The molecule has 1 aromatic carbocycles. The average molecular weight is 565 g/mol. The number of nitrogens with one attached hydrogen (secondary N) is 3. The predicted molar refractivity (Wildman–Crippen MR) is 149 cm³/mol. The lowest BCUT2D eigenvalue weighted by atomic mass is 9.70. The summed E-state index contributed by atoms with van der Waals surface area (Å²) in [6.45, 7) is 5.83. The van der Waals surface area contributed by atoms with E-state index in [4.69, 9.17) is 10.1 Å². The van der Waals surface area contributed by atoms with Gasteiger partial charge in [-0.2, -0.15) is 8.61 Å². The van der Waals surface area contributed by atoms with Crippen LogP contribution in [-0.2, 0) is 33.3 Å². The minimum atomic E-state index is -3.57. The van der Waals surface area contributed by atoms with Crippen molar-refractivity contribution < 1.29 is 22.5 Å². The van der Waals surface area contributed by atoms with Crippen molar-refractivity contribution in [3.05, 3.63) is 53.3 Å². The average Bonchev–Trinajstić information content (AvgIpc) is 2.85. The third-order valence-corrected chi connectivity index (χ3v) is 9.59. The van der Waals surface area contributed by atoms with Gasteiger partial charge in [-0.1, -0.05) is 26.8 Å². The molecule has 1 aliphatic rings. The Labute approximate surface area is 227 Å². The van der Waals surface area contributed by atoms with Gasteiger partial charge in [-0.25, -0.2) is 13.4 Å². The quantitative estimate of drug-likeness (QED) is 0.213. The number of nitrogens with zero attached hydrogens (tertiary/aromatic N) is 3. The van der Waals surface area contributed by atoms with Gasteiger partial charge >= 0.3 is 0 Å². The van der Waals surface area contributed by atoms with Crippen LogP contribution in [0.3, 0.4) is 0 Å². The largest absolute Gasteiger partial charge is 0.593 e. The highest BCUT2D eigenvalue weighted by atomic mass is 32.2. The molecular weight excluding hydrogens is 528 g/mol. The minimum absolute atomic E-state index is 0.00502. The highest BCUT2D eigenvalue weighted by Gasteiger charge is 2.47. The van der Waals surface area contributed by atoms with Crippen molar-refractivity contribution >= 4 is 38.9 Å². The zero-order valence-corrected chi connectivity index (χ0v) is 24.2. The van der Waals surface area contributed by atoms with Crippen LogP contribution in [0.1, 0.15) is 42.4 Å². The van der Waals surface area contributed by atoms with Crippen LogP contribution in [0.4, 0.5) is 5.69 Å². The van der Waals surface area contributed by atoms with Crippen LogP contribution in [0.25, 0.3) is 0 Å². The Balaban J connectivity index is 1.94. The Morgan fingerprint density at radius 2 is 2.03 bits per heavy atom. The topological polar surface area (TPSA) is 151 Å². The molecule has 1 unspecified atom stereocenters. The zero-order chi connectivity index (χ0) is 28.3. The highest BCUT2D eigenvalue weighted by Crippen LogP contribution is 2.42. The van der Waals surface area contributed by atoms with Gasteiger partial charge in [-0.3, -0.25) is 10.2 Å². The second kappa shape index (κ2) is 11.9. The predicted octanol–water partition coefficient (Wildman–Crippen LogP) is 2.15. The molecule has 2 aromatic rings. The fourth-order valence-electron chi connectivity index (χ4n) is 4.36. The van der Waals surface area contributed by atoms with Gasteiger partial charge in [-0.05, 0) is 41.3 Å². The number of hydrogen-bond donors (Lipinski definition) is 3. The summed E-state index contributed by atoms with van der Waals surface area (Å²) in [7, 11) is -0.518. The maximum Gasteiger partial charge on any atom is 0.274 e. The van der Waals surface area contributed by atoms with Gasteiger partial charge in [0.2, 0.25) is 16.0 Å². The number of guanidine groups is 1. The summed E-state index contributed by atoms with van der Waals surface area (Å²) in [4.78, 5) is 16.9. The number of anilines is 1. The molecule has 3 N–H and O–H groups in total. The molecule has 0 radical (unpaired) electrons. The van der Waals surface area contributed by atoms with E-state index >= 15 is 0 Å². The molecule has 11 nitrogen and oxygen atoms in total. The third kappa shape index (κ3) is 6.57.